The van der Waals surface area contributed by atoms with Crippen LogP contribution in [0.15, 0.2) is 30.6 Å². The minimum Gasteiger partial charge on any atom is -0.354 e. The number of fused-ring (bicyclic) bond motifs is 1. The Bertz CT molecular complexity index is 1370. The van der Waals surface area contributed by atoms with E-state index in [4.69, 9.17) is 4.98 Å². The zero-order valence-electron chi connectivity index (χ0n) is 20.6. The summed E-state index contributed by atoms with van der Waals surface area (Å²) in [6.45, 7) is 3.85. The summed E-state index contributed by atoms with van der Waals surface area (Å²) < 4.78 is 42.4. The van der Waals surface area contributed by atoms with Crippen LogP contribution in [0, 0.1) is 0 Å². The van der Waals surface area contributed by atoms with Crippen LogP contribution < -0.4 is 15.1 Å². The van der Waals surface area contributed by atoms with Crippen molar-refractivity contribution in [2.24, 2.45) is 0 Å². The van der Waals surface area contributed by atoms with Gasteiger partial charge in [-0.3, -0.25) is 14.3 Å². The average Bonchev–Trinajstić information content (AvgIpc) is 3.19. The van der Waals surface area contributed by atoms with Crippen LogP contribution in [0.2, 0.25) is 0 Å². The number of nitrogens with zero attached hydrogens (tertiary/aromatic N) is 7. The lowest BCUT2D eigenvalue weighted by molar-refractivity contribution is -0.179. The lowest BCUT2D eigenvalue weighted by Crippen LogP contribution is -2.35. The maximum atomic E-state index is 13.8. The average molecular weight is 513 g/mol. The molecule has 5 heterocycles. The summed E-state index contributed by atoms with van der Waals surface area (Å²) in [5.74, 6) is 0.962. The first kappa shape index (κ1) is 23.8. The predicted octanol–water partition coefficient (Wildman–Crippen LogP) is 3.66. The van der Waals surface area contributed by atoms with Gasteiger partial charge in [0.2, 0.25) is 0 Å². The van der Waals surface area contributed by atoms with Crippen molar-refractivity contribution in [1.29, 1.82) is 0 Å². The third kappa shape index (κ3) is 3.76. The molecule has 3 aromatic heterocycles. The van der Waals surface area contributed by atoms with Crippen LogP contribution in [-0.4, -0.2) is 56.5 Å². The van der Waals surface area contributed by atoms with Crippen molar-refractivity contribution in [3.05, 3.63) is 47.4 Å². The number of nitrogens with one attached hydrogen (secondary N) is 1. The van der Waals surface area contributed by atoms with E-state index in [9.17, 15) is 18.0 Å². The van der Waals surface area contributed by atoms with Gasteiger partial charge in [-0.25, -0.2) is 9.97 Å². The normalized spacial score (nSPS) is 20.6. The number of alkyl halides is 3. The fourth-order valence-electron chi connectivity index (χ4n) is 5.47. The monoisotopic (exact) mass is 512 g/mol. The molecule has 3 aliphatic rings. The van der Waals surface area contributed by atoms with Gasteiger partial charge >= 0.3 is 6.18 Å². The molecular weight excluding hydrogens is 485 g/mol. The molecule has 0 spiro atoms. The number of hydrogen-bond acceptors (Lipinski definition) is 7. The van der Waals surface area contributed by atoms with Crippen LogP contribution in [0.5, 0.6) is 0 Å². The van der Waals surface area contributed by atoms with E-state index in [1.807, 2.05) is 13.1 Å². The van der Waals surface area contributed by atoms with Crippen molar-refractivity contribution in [3.63, 3.8) is 0 Å². The Morgan fingerprint density at radius 1 is 1.19 bits per heavy atom. The fourth-order valence-corrected chi connectivity index (χ4v) is 5.47. The third-order valence-corrected chi connectivity index (χ3v) is 7.68. The van der Waals surface area contributed by atoms with E-state index in [2.05, 4.69) is 32.3 Å². The summed E-state index contributed by atoms with van der Waals surface area (Å²) in [6, 6.07) is 7.15. The van der Waals surface area contributed by atoms with Crippen LogP contribution in [0.25, 0.3) is 11.5 Å². The van der Waals surface area contributed by atoms with E-state index < -0.39 is 11.7 Å². The second-order valence-electron chi connectivity index (χ2n) is 9.99. The molecule has 12 heteroatoms. The summed E-state index contributed by atoms with van der Waals surface area (Å²) in [4.78, 5) is 26.8. The highest BCUT2D eigenvalue weighted by molar-refractivity contribution is 6.10. The quantitative estimate of drug-likeness (QED) is 0.539. The molecule has 194 valence electrons. The van der Waals surface area contributed by atoms with Gasteiger partial charge in [-0.15, -0.1) is 10.2 Å². The Morgan fingerprint density at radius 3 is 2.68 bits per heavy atom. The first-order valence-corrected chi connectivity index (χ1v) is 12.4. The third-order valence-electron chi connectivity index (χ3n) is 7.68. The number of pyridine rings is 2. The molecule has 1 saturated heterocycles. The van der Waals surface area contributed by atoms with Gasteiger partial charge in [-0.05, 0) is 57.9 Å². The number of amides is 1. The highest BCUT2D eigenvalue weighted by Gasteiger charge is 2.65. The van der Waals surface area contributed by atoms with Crippen molar-refractivity contribution < 1.29 is 18.0 Å². The number of carbonyl (C=O) groups excluding carboxylic acids is 1. The number of aromatic nitrogens is 5. The lowest BCUT2D eigenvalue weighted by Gasteiger charge is -2.24. The molecule has 1 saturated carbocycles. The smallest absolute Gasteiger partial charge is 0.354 e. The molecule has 0 bridgehead atoms. The molecule has 3 aromatic rings. The van der Waals surface area contributed by atoms with Gasteiger partial charge in [0.1, 0.15) is 29.2 Å². The Hall–Kier alpha value is -3.54. The van der Waals surface area contributed by atoms with Gasteiger partial charge < -0.3 is 10.2 Å². The molecule has 2 aliphatic heterocycles. The largest absolute Gasteiger partial charge is 0.412 e. The number of rotatable bonds is 6. The minimum absolute atomic E-state index is 0.0274. The summed E-state index contributed by atoms with van der Waals surface area (Å²) in [7, 11) is 1.84. The van der Waals surface area contributed by atoms with E-state index in [1.54, 1.807) is 23.1 Å². The number of halogens is 3. The molecule has 0 unspecified atom stereocenters. The second-order valence-corrected chi connectivity index (χ2v) is 9.99. The van der Waals surface area contributed by atoms with Gasteiger partial charge in [0.25, 0.3) is 5.91 Å². The van der Waals surface area contributed by atoms with E-state index in [0.29, 0.717) is 24.0 Å². The highest BCUT2D eigenvalue weighted by atomic mass is 19.4. The van der Waals surface area contributed by atoms with Crippen molar-refractivity contribution in [2.75, 3.05) is 23.4 Å². The molecule has 1 atom stereocenters. The number of hydrogen-bond donors (Lipinski definition) is 1. The van der Waals surface area contributed by atoms with E-state index in [1.165, 1.54) is 0 Å². The number of carbonyl (C=O) groups is 1. The van der Waals surface area contributed by atoms with Crippen LogP contribution in [0.1, 0.15) is 54.2 Å². The zero-order valence-corrected chi connectivity index (χ0v) is 20.6. The summed E-state index contributed by atoms with van der Waals surface area (Å²) in [5, 5.41) is 10.8. The maximum Gasteiger partial charge on any atom is 0.412 e. The van der Waals surface area contributed by atoms with E-state index in [0.717, 1.165) is 47.4 Å². The molecule has 1 aliphatic carbocycles. The molecular formula is C25H27F3N8O. The lowest BCUT2D eigenvalue weighted by atomic mass is 10.1. The van der Waals surface area contributed by atoms with E-state index in [-0.39, 0.29) is 36.8 Å². The second kappa shape index (κ2) is 8.51. The summed E-state index contributed by atoms with van der Waals surface area (Å²) in [5.41, 5.74) is 0.453. The Labute approximate surface area is 211 Å². The standard InChI is InChI=1S/C25H27F3N8O/c1-15-5-4-10-34(15)21-11-16-17(19(32-21)12-29-2)13-35(23(16)37)20-7-3-6-18(31-20)22-33-30-14-36(22)24(8-9-24)25(26,27)28/h3,6-7,11,14-15,29H,4-5,8-10,12-13H2,1-2H3/t15-/m1/s1. The van der Waals surface area contributed by atoms with Gasteiger partial charge in [0, 0.05) is 24.7 Å². The predicted molar refractivity (Wildman–Crippen MR) is 130 cm³/mol. The van der Waals surface area contributed by atoms with Crippen molar-refractivity contribution in [1.82, 2.24) is 30.0 Å². The van der Waals surface area contributed by atoms with Gasteiger partial charge in [0.15, 0.2) is 5.82 Å². The highest BCUT2D eigenvalue weighted by Crippen LogP contribution is 2.56. The number of anilines is 2. The molecule has 1 N–H and O–H groups in total. The molecule has 0 aromatic carbocycles. The SMILES string of the molecule is CNCc1nc(N2CCC[C@H]2C)cc2c1CN(c1cccc(-c3nncn3C3(C(F)(F)F)CC3)n1)C2=O. The van der Waals surface area contributed by atoms with E-state index >= 15 is 0 Å². The van der Waals surface area contributed by atoms with Crippen LogP contribution >= 0.6 is 0 Å². The van der Waals surface area contributed by atoms with Gasteiger partial charge in [-0.2, -0.15) is 13.2 Å². The Kier molecular flexibility index (Phi) is 5.48. The maximum absolute atomic E-state index is 13.8. The zero-order chi connectivity index (χ0) is 25.9. The molecule has 6 rings (SSSR count). The van der Waals surface area contributed by atoms with Crippen LogP contribution in [0.4, 0.5) is 24.8 Å². The van der Waals surface area contributed by atoms with Crippen LogP contribution in [0.3, 0.4) is 0 Å². The first-order chi connectivity index (χ1) is 17.7. The Balaban J connectivity index is 1.35. The van der Waals surface area contributed by atoms with Crippen molar-refractivity contribution in [2.45, 2.75) is 63.5 Å². The molecule has 1 amide bonds. The topological polar surface area (TPSA) is 92.1 Å². The van der Waals surface area contributed by atoms with Crippen molar-refractivity contribution >= 4 is 17.5 Å². The Morgan fingerprint density at radius 2 is 2.00 bits per heavy atom. The van der Waals surface area contributed by atoms with Crippen LogP contribution in [-0.2, 0) is 18.6 Å². The summed E-state index contributed by atoms with van der Waals surface area (Å²) in [6.07, 6.45) is -1.20. The molecule has 9 nitrogen and oxygen atoms in total. The van der Waals surface area contributed by atoms with Gasteiger partial charge in [0.05, 0.1) is 17.8 Å². The molecule has 2 fully saturated rings. The summed E-state index contributed by atoms with van der Waals surface area (Å²) >= 11 is 0. The van der Waals surface area contributed by atoms with Crippen molar-refractivity contribution in [3.8, 4) is 11.5 Å². The van der Waals surface area contributed by atoms with Gasteiger partial charge in [-0.1, -0.05) is 6.07 Å². The molecule has 37 heavy (non-hydrogen) atoms. The first-order valence-electron chi connectivity index (χ1n) is 12.4. The minimum atomic E-state index is -4.42. The fraction of sp³-hybridized carbons (Fsp3) is 0.480. The molecule has 0 radical (unpaired) electrons.